The van der Waals surface area contributed by atoms with Crippen LogP contribution in [0.3, 0.4) is 0 Å². The van der Waals surface area contributed by atoms with E-state index < -0.39 is 11.7 Å². The molecule has 1 unspecified atom stereocenters. The predicted octanol–water partition coefficient (Wildman–Crippen LogP) is 3.00. The number of benzene rings is 1. The first-order chi connectivity index (χ1) is 13.7. The number of ether oxygens (including phenoxy) is 2. The highest BCUT2D eigenvalue weighted by molar-refractivity contribution is 14.0. The van der Waals surface area contributed by atoms with E-state index in [9.17, 15) is 4.79 Å². The second-order valence-electron chi connectivity index (χ2n) is 7.92. The Morgan fingerprint density at radius 3 is 2.40 bits per heavy atom. The van der Waals surface area contributed by atoms with Crippen LogP contribution in [0.25, 0.3) is 0 Å². The maximum absolute atomic E-state index is 11.6. The van der Waals surface area contributed by atoms with E-state index >= 15 is 0 Å². The molecule has 0 fully saturated rings. The Bertz CT molecular complexity index is 662. The summed E-state index contributed by atoms with van der Waals surface area (Å²) >= 11 is 0. The van der Waals surface area contributed by atoms with Gasteiger partial charge >= 0.3 is 6.09 Å². The summed E-state index contributed by atoms with van der Waals surface area (Å²) in [5, 5.41) is 9.37. The number of nitrogens with zero attached hydrogens (tertiary/aromatic N) is 2. The van der Waals surface area contributed by atoms with Crippen LogP contribution < -0.4 is 20.7 Å². The number of guanidine groups is 1. The quantitative estimate of drug-likeness (QED) is 0.195. The van der Waals surface area contributed by atoms with Crippen molar-refractivity contribution in [2.45, 2.75) is 38.8 Å². The molecule has 0 radical (unpaired) electrons. The third-order valence-electron chi connectivity index (χ3n) is 4.10. The van der Waals surface area contributed by atoms with Gasteiger partial charge in [-0.3, -0.25) is 4.99 Å². The zero-order chi connectivity index (χ0) is 21.9. The molecule has 0 aliphatic rings. The van der Waals surface area contributed by atoms with Crippen LogP contribution in [0.5, 0.6) is 5.75 Å². The average molecular weight is 535 g/mol. The Kier molecular flexibility index (Phi) is 13.5. The Morgan fingerprint density at radius 1 is 1.17 bits per heavy atom. The minimum Gasteiger partial charge on any atom is -0.497 e. The van der Waals surface area contributed by atoms with Gasteiger partial charge < -0.3 is 30.3 Å². The van der Waals surface area contributed by atoms with Crippen LogP contribution in [0, 0.1) is 0 Å². The van der Waals surface area contributed by atoms with Crippen LogP contribution in [0.1, 0.15) is 38.8 Å². The Balaban J connectivity index is 0.00000841. The van der Waals surface area contributed by atoms with Gasteiger partial charge in [-0.25, -0.2) is 4.79 Å². The van der Waals surface area contributed by atoms with Gasteiger partial charge in [0.2, 0.25) is 0 Å². The number of likely N-dealkylation sites (N-methyl/N-ethyl adjacent to an activating group) is 1. The van der Waals surface area contributed by atoms with E-state index in [2.05, 4.69) is 31.9 Å². The largest absolute Gasteiger partial charge is 0.497 e. The lowest BCUT2D eigenvalue weighted by Gasteiger charge is -2.26. The standard InChI is InChI=1S/C21H37N5O3.HI/c1-21(2,3)29-20(27)24-13-9-12-23-19(22-4)25-15-18(26(5)6)16-10-8-11-17(14-16)28-7;/h8,10-11,14,18H,9,12-13,15H2,1-7H3,(H,24,27)(H2,22,23,25);1H. The zero-order valence-corrected chi connectivity index (χ0v) is 21.6. The van der Waals surface area contributed by atoms with Crippen LogP contribution in [-0.4, -0.2) is 70.4 Å². The number of methoxy groups -OCH3 is 1. The van der Waals surface area contributed by atoms with Crippen molar-refractivity contribution in [2.75, 3.05) is 47.9 Å². The van der Waals surface area contributed by atoms with Crippen molar-refractivity contribution in [3.63, 3.8) is 0 Å². The van der Waals surface area contributed by atoms with E-state index in [1.165, 1.54) is 5.56 Å². The maximum atomic E-state index is 11.6. The molecule has 0 bridgehead atoms. The first-order valence-electron chi connectivity index (χ1n) is 9.88. The van der Waals surface area contributed by atoms with Gasteiger partial charge in [0.1, 0.15) is 11.4 Å². The second-order valence-corrected chi connectivity index (χ2v) is 7.92. The summed E-state index contributed by atoms with van der Waals surface area (Å²) in [7, 11) is 7.50. The molecule has 0 spiro atoms. The number of alkyl carbamates (subject to hydrolysis) is 1. The summed E-state index contributed by atoms with van der Waals surface area (Å²) in [4.78, 5) is 18.0. The van der Waals surface area contributed by atoms with Crippen LogP contribution >= 0.6 is 24.0 Å². The van der Waals surface area contributed by atoms with Gasteiger partial charge in [0.25, 0.3) is 0 Å². The molecule has 0 heterocycles. The minimum atomic E-state index is -0.486. The summed E-state index contributed by atoms with van der Waals surface area (Å²) in [6, 6.07) is 8.24. The fourth-order valence-corrected chi connectivity index (χ4v) is 2.66. The van der Waals surface area contributed by atoms with Crippen molar-refractivity contribution in [2.24, 2.45) is 4.99 Å². The Hall–Kier alpha value is -1.75. The van der Waals surface area contributed by atoms with E-state index in [-0.39, 0.29) is 30.0 Å². The van der Waals surface area contributed by atoms with E-state index in [0.29, 0.717) is 19.6 Å². The number of halogens is 1. The lowest BCUT2D eigenvalue weighted by molar-refractivity contribution is 0.0527. The highest BCUT2D eigenvalue weighted by Crippen LogP contribution is 2.22. The van der Waals surface area contributed by atoms with Gasteiger partial charge in [0.05, 0.1) is 13.2 Å². The fraction of sp³-hybridized carbons (Fsp3) is 0.619. The van der Waals surface area contributed by atoms with Gasteiger partial charge in [0.15, 0.2) is 5.96 Å². The third kappa shape index (κ3) is 11.4. The molecular formula is C21H38IN5O3. The normalized spacial score (nSPS) is 12.6. The molecule has 1 aromatic rings. The van der Waals surface area contributed by atoms with Crippen LogP contribution in [-0.2, 0) is 4.74 Å². The summed E-state index contributed by atoms with van der Waals surface area (Å²) < 4.78 is 10.5. The highest BCUT2D eigenvalue weighted by atomic mass is 127. The minimum absolute atomic E-state index is 0. The molecule has 0 aliphatic carbocycles. The van der Waals surface area contributed by atoms with Gasteiger partial charge in [-0.05, 0) is 59.0 Å². The molecule has 0 aromatic heterocycles. The van der Waals surface area contributed by atoms with Crippen LogP contribution in [0.15, 0.2) is 29.3 Å². The fourth-order valence-electron chi connectivity index (χ4n) is 2.66. The SMILES string of the molecule is CN=C(NCCCNC(=O)OC(C)(C)C)NCC(c1cccc(OC)c1)N(C)C.I. The van der Waals surface area contributed by atoms with Crippen molar-refractivity contribution in [1.82, 2.24) is 20.9 Å². The van der Waals surface area contributed by atoms with Gasteiger partial charge in [-0.15, -0.1) is 24.0 Å². The van der Waals surface area contributed by atoms with E-state index in [1.54, 1.807) is 14.2 Å². The average Bonchev–Trinajstić information content (AvgIpc) is 2.64. The molecule has 1 rings (SSSR count). The smallest absolute Gasteiger partial charge is 0.407 e. The molecule has 1 amide bonds. The number of aliphatic imine (C=N–C) groups is 1. The molecule has 8 nitrogen and oxygen atoms in total. The number of hydrogen-bond acceptors (Lipinski definition) is 5. The maximum Gasteiger partial charge on any atom is 0.407 e. The molecule has 0 saturated heterocycles. The van der Waals surface area contributed by atoms with Gasteiger partial charge in [-0.1, -0.05) is 12.1 Å². The summed E-state index contributed by atoms with van der Waals surface area (Å²) in [5.74, 6) is 1.56. The summed E-state index contributed by atoms with van der Waals surface area (Å²) in [6.07, 6.45) is 0.361. The van der Waals surface area contributed by atoms with Crippen molar-refractivity contribution < 1.29 is 14.3 Å². The summed E-state index contributed by atoms with van der Waals surface area (Å²) in [6.45, 7) is 7.43. The lowest BCUT2D eigenvalue weighted by atomic mass is 10.1. The second kappa shape index (κ2) is 14.3. The topological polar surface area (TPSA) is 87.2 Å². The molecule has 30 heavy (non-hydrogen) atoms. The molecule has 1 aromatic carbocycles. The molecule has 172 valence electrons. The van der Waals surface area contributed by atoms with E-state index in [4.69, 9.17) is 9.47 Å². The van der Waals surface area contributed by atoms with Crippen molar-refractivity contribution in [3.05, 3.63) is 29.8 Å². The molecule has 0 aliphatic heterocycles. The first kappa shape index (κ1) is 28.2. The Labute approximate surface area is 198 Å². The number of carbonyl (C=O) groups is 1. The highest BCUT2D eigenvalue weighted by Gasteiger charge is 2.16. The molecule has 1 atom stereocenters. The summed E-state index contributed by atoms with van der Waals surface area (Å²) in [5.41, 5.74) is 0.680. The number of amides is 1. The number of carbonyl (C=O) groups excluding carboxylic acids is 1. The zero-order valence-electron chi connectivity index (χ0n) is 19.2. The van der Waals surface area contributed by atoms with Gasteiger partial charge in [0, 0.05) is 26.7 Å². The molecule has 3 N–H and O–H groups in total. The number of rotatable bonds is 9. The lowest BCUT2D eigenvalue weighted by Crippen LogP contribution is -2.42. The van der Waals surface area contributed by atoms with E-state index in [0.717, 1.165) is 18.1 Å². The monoisotopic (exact) mass is 535 g/mol. The van der Waals surface area contributed by atoms with Gasteiger partial charge in [-0.2, -0.15) is 0 Å². The first-order valence-corrected chi connectivity index (χ1v) is 9.88. The Morgan fingerprint density at radius 2 is 1.83 bits per heavy atom. The van der Waals surface area contributed by atoms with E-state index in [1.807, 2.05) is 53.1 Å². The predicted molar refractivity (Wildman–Crippen MR) is 133 cm³/mol. The molecule has 0 saturated carbocycles. The van der Waals surface area contributed by atoms with Crippen molar-refractivity contribution in [1.29, 1.82) is 0 Å². The number of nitrogens with one attached hydrogen (secondary N) is 3. The molecule has 9 heteroatoms. The van der Waals surface area contributed by atoms with Crippen LogP contribution in [0.2, 0.25) is 0 Å². The number of hydrogen-bond donors (Lipinski definition) is 3. The van der Waals surface area contributed by atoms with Crippen molar-refractivity contribution in [3.8, 4) is 5.75 Å². The van der Waals surface area contributed by atoms with Crippen molar-refractivity contribution >= 4 is 36.0 Å². The third-order valence-corrected chi connectivity index (χ3v) is 4.10. The van der Waals surface area contributed by atoms with Crippen LogP contribution in [0.4, 0.5) is 4.79 Å². The molecular weight excluding hydrogens is 497 g/mol.